The Labute approximate surface area is 117 Å². The summed E-state index contributed by atoms with van der Waals surface area (Å²) in [5.41, 5.74) is 0.117. The van der Waals surface area contributed by atoms with Gasteiger partial charge in [-0.25, -0.2) is 0 Å². The molecule has 1 amide bonds. The van der Waals surface area contributed by atoms with Crippen molar-refractivity contribution >= 4 is 29.1 Å². The molecule has 0 aliphatic carbocycles. The Kier molecular flexibility index (Phi) is 3.58. The summed E-state index contributed by atoms with van der Waals surface area (Å²) in [7, 11) is 0. The summed E-state index contributed by atoms with van der Waals surface area (Å²) < 4.78 is 5.52. The van der Waals surface area contributed by atoms with Crippen LogP contribution in [0.25, 0.3) is 0 Å². The number of hydrogen-bond donors (Lipinski definition) is 0. The van der Waals surface area contributed by atoms with Crippen molar-refractivity contribution in [1.29, 1.82) is 0 Å². The van der Waals surface area contributed by atoms with Crippen molar-refractivity contribution in [2.45, 2.75) is 32.5 Å². The Balaban J connectivity index is 2.36. The maximum atomic E-state index is 12.5. The molecule has 2 rings (SSSR count). The van der Waals surface area contributed by atoms with Crippen LogP contribution in [0.15, 0.2) is 18.2 Å². The maximum absolute atomic E-state index is 12.5. The average Bonchev–Trinajstić information content (AvgIpc) is 2.52. The van der Waals surface area contributed by atoms with E-state index in [0.29, 0.717) is 22.2 Å². The summed E-state index contributed by atoms with van der Waals surface area (Å²) in [5, 5.41) is 0.879. The SMILES string of the molecule is CC1OCC(C)(C)N1C(=O)c1ccc(Cl)cc1Cl. The van der Waals surface area contributed by atoms with E-state index in [2.05, 4.69) is 0 Å². The summed E-state index contributed by atoms with van der Waals surface area (Å²) in [6.45, 7) is 6.32. The molecule has 0 saturated carbocycles. The molecule has 0 radical (unpaired) electrons. The Morgan fingerprint density at radius 1 is 1.44 bits per heavy atom. The zero-order chi connectivity index (χ0) is 13.5. The highest BCUT2D eigenvalue weighted by Crippen LogP contribution is 2.31. The van der Waals surface area contributed by atoms with E-state index in [1.165, 1.54) is 0 Å². The second-order valence-corrected chi connectivity index (χ2v) is 5.87. The van der Waals surface area contributed by atoms with Gasteiger partial charge in [-0.3, -0.25) is 4.79 Å². The van der Waals surface area contributed by atoms with Gasteiger partial charge in [0.2, 0.25) is 0 Å². The lowest BCUT2D eigenvalue weighted by atomic mass is 10.0. The molecule has 0 aromatic heterocycles. The van der Waals surface area contributed by atoms with Crippen molar-refractivity contribution < 1.29 is 9.53 Å². The number of carbonyl (C=O) groups is 1. The minimum absolute atomic E-state index is 0.133. The molecule has 5 heteroatoms. The third-order valence-electron chi connectivity index (χ3n) is 3.07. The van der Waals surface area contributed by atoms with Crippen LogP contribution in [-0.2, 0) is 4.74 Å². The van der Waals surface area contributed by atoms with Crippen LogP contribution < -0.4 is 0 Å². The Hall–Kier alpha value is -0.770. The average molecular weight is 288 g/mol. The maximum Gasteiger partial charge on any atom is 0.257 e. The molecular weight excluding hydrogens is 273 g/mol. The van der Waals surface area contributed by atoms with E-state index in [1.807, 2.05) is 20.8 Å². The second-order valence-electron chi connectivity index (χ2n) is 5.02. The molecule has 0 spiro atoms. The van der Waals surface area contributed by atoms with Gasteiger partial charge in [-0.05, 0) is 39.0 Å². The van der Waals surface area contributed by atoms with Gasteiger partial charge in [-0.15, -0.1) is 0 Å². The van der Waals surface area contributed by atoms with E-state index in [-0.39, 0.29) is 17.7 Å². The molecule has 1 aliphatic heterocycles. The molecule has 1 aromatic rings. The van der Waals surface area contributed by atoms with Gasteiger partial charge >= 0.3 is 0 Å². The van der Waals surface area contributed by atoms with E-state index in [4.69, 9.17) is 27.9 Å². The molecule has 1 fully saturated rings. The Morgan fingerprint density at radius 3 is 2.61 bits per heavy atom. The summed E-state index contributed by atoms with van der Waals surface area (Å²) in [6, 6.07) is 4.88. The van der Waals surface area contributed by atoms with Crippen LogP contribution in [0.5, 0.6) is 0 Å². The van der Waals surface area contributed by atoms with Crippen LogP contribution >= 0.6 is 23.2 Å². The van der Waals surface area contributed by atoms with Crippen molar-refractivity contribution in [3.8, 4) is 0 Å². The topological polar surface area (TPSA) is 29.5 Å². The number of hydrogen-bond acceptors (Lipinski definition) is 2. The number of benzene rings is 1. The fourth-order valence-corrected chi connectivity index (χ4v) is 2.68. The molecule has 1 aromatic carbocycles. The van der Waals surface area contributed by atoms with Crippen molar-refractivity contribution in [2.24, 2.45) is 0 Å². The first-order valence-corrected chi connectivity index (χ1v) is 6.49. The number of halogens is 2. The summed E-state index contributed by atoms with van der Waals surface area (Å²) >= 11 is 11.9. The molecule has 98 valence electrons. The summed E-state index contributed by atoms with van der Waals surface area (Å²) in [4.78, 5) is 14.2. The molecule has 1 unspecified atom stereocenters. The quantitative estimate of drug-likeness (QED) is 0.790. The zero-order valence-electron chi connectivity index (χ0n) is 10.5. The van der Waals surface area contributed by atoms with Crippen molar-refractivity contribution in [3.05, 3.63) is 33.8 Å². The molecular formula is C13H15Cl2NO2. The predicted molar refractivity (Wildman–Crippen MR) is 72.1 cm³/mol. The van der Waals surface area contributed by atoms with Crippen LogP contribution in [0, 0.1) is 0 Å². The Bertz CT molecular complexity index is 488. The minimum atomic E-state index is -0.334. The lowest BCUT2D eigenvalue weighted by Gasteiger charge is -2.32. The number of amides is 1. The molecule has 18 heavy (non-hydrogen) atoms. The lowest BCUT2D eigenvalue weighted by Crippen LogP contribution is -2.47. The first-order valence-electron chi connectivity index (χ1n) is 5.73. The van der Waals surface area contributed by atoms with Gasteiger partial charge in [0.1, 0.15) is 6.23 Å². The van der Waals surface area contributed by atoms with Gasteiger partial charge in [0, 0.05) is 5.02 Å². The largest absolute Gasteiger partial charge is 0.356 e. The second kappa shape index (κ2) is 4.72. The van der Waals surface area contributed by atoms with E-state index >= 15 is 0 Å². The molecule has 0 bridgehead atoms. The molecule has 3 nitrogen and oxygen atoms in total. The van der Waals surface area contributed by atoms with Gasteiger partial charge in [0.15, 0.2) is 0 Å². The number of rotatable bonds is 1. The number of carbonyl (C=O) groups excluding carboxylic acids is 1. The van der Waals surface area contributed by atoms with E-state index < -0.39 is 0 Å². The molecule has 1 aliphatic rings. The standard InChI is InChI=1S/C13H15Cl2NO2/c1-8-16(13(2,3)7-18-8)12(17)10-5-4-9(14)6-11(10)15/h4-6,8H,7H2,1-3H3. The number of nitrogens with zero attached hydrogens (tertiary/aromatic N) is 1. The fourth-order valence-electron chi connectivity index (χ4n) is 2.19. The van der Waals surface area contributed by atoms with Gasteiger partial charge in [0.05, 0.1) is 22.7 Å². The van der Waals surface area contributed by atoms with Crippen molar-refractivity contribution in [3.63, 3.8) is 0 Å². The van der Waals surface area contributed by atoms with Crippen molar-refractivity contribution in [2.75, 3.05) is 6.61 Å². The monoisotopic (exact) mass is 287 g/mol. The van der Waals surface area contributed by atoms with E-state index in [1.54, 1.807) is 23.1 Å². The first-order chi connectivity index (χ1) is 8.33. The van der Waals surface area contributed by atoms with Gasteiger partial charge in [0.25, 0.3) is 5.91 Å². The minimum Gasteiger partial charge on any atom is -0.356 e. The number of ether oxygens (including phenoxy) is 1. The van der Waals surface area contributed by atoms with E-state index in [0.717, 1.165) is 0 Å². The van der Waals surface area contributed by atoms with Crippen LogP contribution in [-0.4, -0.2) is 29.2 Å². The van der Waals surface area contributed by atoms with Crippen LogP contribution in [0.2, 0.25) is 10.0 Å². The molecule has 1 heterocycles. The highest BCUT2D eigenvalue weighted by atomic mass is 35.5. The fraction of sp³-hybridized carbons (Fsp3) is 0.462. The van der Waals surface area contributed by atoms with E-state index in [9.17, 15) is 4.79 Å². The third kappa shape index (κ3) is 2.35. The third-order valence-corrected chi connectivity index (χ3v) is 3.62. The first kappa shape index (κ1) is 13.7. The summed E-state index contributed by atoms with van der Waals surface area (Å²) in [5.74, 6) is -0.133. The zero-order valence-corrected chi connectivity index (χ0v) is 12.0. The molecule has 1 saturated heterocycles. The van der Waals surface area contributed by atoms with Crippen LogP contribution in [0.1, 0.15) is 31.1 Å². The Morgan fingerprint density at radius 2 is 2.11 bits per heavy atom. The van der Waals surface area contributed by atoms with Gasteiger partial charge in [-0.2, -0.15) is 0 Å². The van der Waals surface area contributed by atoms with Gasteiger partial charge in [-0.1, -0.05) is 23.2 Å². The van der Waals surface area contributed by atoms with Crippen LogP contribution in [0.4, 0.5) is 0 Å². The normalized spacial score (nSPS) is 22.3. The van der Waals surface area contributed by atoms with Crippen LogP contribution in [0.3, 0.4) is 0 Å². The summed E-state index contributed by atoms with van der Waals surface area (Å²) in [6.07, 6.45) is -0.251. The predicted octanol–water partition coefficient (Wildman–Crippen LogP) is 3.59. The van der Waals surface area contributed by atoms with Gasteiger partial charge < -0.3 is 9.64 Å². The highest BCUT2D eigenvalue weighted by Gasteiger charge is 2.42. The lowest BCUT2D eigenvalue weighted by molar-refractivity contribution is 0.0307. The smallest absolute Gasteiger partial charge is 0.257 e. The van der Waals surface area contributed by atoms with Crippen molar-refractivity contribution in [1.82, 2.24) is 4.90 Å². The highest BCUT2D eigenvalue weighted by molar-refractivity contribution is 6.36. The molecule has 0 N–H and O–H groups in total. The molecule has 1 atom stereocenters.